The second kappa shape index (κ2) is 6.43. The molecule has 0 spiro atoms. The van der Waals surface area contributed by atoms with Crippen molar-refractivity contribution >= 4 is 6.08 Å². The van der Waals surface area contributed by atoms with Crippen molar-refractivity contribution in [2.24, 2.45) is 11.3 Å². The van der Waals surface area contributed by atoms with Crippen LogP contribution in [0.25, 0.3) is 6.08 Å². The largest absolute Gasteiger partial charge is 0.396 e. The van der Waals surface area contributed by atoms with Crippen LogP contribution in [0.2, 0.25) is 0 Å². The number of benzene rings is 1. The first-order chi connectivity index (χ1) is 10.6. The van der Waals surface area contributed by atoms with Gasteiger partial charge in [0.2, 0.25) is 0 Å². The summed E-state index contributed by atoms with van der Waals surface area (Å²) in [4.78, 5) is 2.50. The van der Waals surface area contributed by atoms with Gasteiger partial charge < -0.3 is 15.3 Å². The zero-order valence-electron chi connectivity index (χ0n) is 13.8. The van der Waals surface area contributed by atoms with Gasteiger partial charge in [0.25, 0.3) is 0 Å². The van der Waals surface area contributed by atoms with Crippen molar-refractivity contribution in [2.75, 3.05) is 26.2 Å². The first kappa shape index (κ1) is 15.6. The van der Waals surface area contributed by atoms with Crippen LogP contribution in [0, 0.1) is 11.3 Å². The Morgan fingerprint density at radius 1 is 1.23 bits per heavy atom. The number of allylic oxidation sites excluding steroid dienone is 1. The van der Waals surface area contributed by atoms with E-state index in [2.05, 4.69) is 54.4 Å². The lowest BCUT2D eigenvalue weighted by molar-refractivity contribution is 0.0845. The lowest BCUT2D eigenvalue weighted by atomic mass is 9.88. The van der Waals surface area contributed by atoms with Gasteiger partial charge in [0, 0.05) is 36.7 Å². The Morgan fingerprint density at radius 2 is 1.95 bits per heavy atom. The standard InChI is InChI=1S/C19H28N2O/c1-19(2,14-22)13-21-9-7-15(8-10-21)18-11-16-5-3-4-6-17(16)12-20-18/h3-6,11,15,20,22H,7-10,12-14H2,1-2H3. The molecule has 0 amide bonds. The molecule has 1 saturated heterocycles. The molecule has 1 fully saturated rings. The van der Waals surface area contributed by atoms with Gasteiger partial charge in [-0.05, 0) is 43.1 Å². The van der Waals surface area contributed by atoms with Crippen LogP contribution in [-0.4, -0.2) is 36.2 Å². The van der Waals surface area contributed by atoms with E-state index in [0.29, 0.717) is 5.92 Å². The molecule has 3 heteroatoms. The van der Waals surface area contributed by atoms with Gasteiger partial charge >= 0.3 is 0 Å². The molecule has 0 bridgehead atoms. The molecule has 2 aliphatic heterocycles. The van der Waals surface area contributed by atoms with Gasteiger partial charge in [-0.15, -0.1) is 0 Å². The number of nitrogens with zero attached hydrogens (tertiary/aromatic N) is 1. The Hall–Kier alpha value is -1.32. The molecule has 2 heterocycles. The molecule has 120 valence electrons. The summed E-state index contributed by atoms with van der Waals surface area (Å²) in [6.07, 6.45) is 4.77. The van der Waals surface area contributed by atoms with Crippen LogP contribution in [0.4, 0.5) is 0 Å². The van der Waals surface area contributed by atoms with Crippen molar-refractivity contribution in [1.29, 1.82) is 0 Å². The van der Waals surface area contributed by atoms with Crippen LogP contribution >= 0.6 is 0 Å². The fourth-order valence-corrected chi connectivity index (χ4v) is 3.57. The van der Waals surface area contributed by atoms with E-state index in [1.54, 1.807) is 0 Å². The minimum atomic E-state index is 0.00807. The van der Waals surface area contributed by atoms with Crippen LogP contribution in [0.5, 0.6) is 0 Å². The first-order valence-corrected chi connectivity index (χ1v) is 8.44. The second-order valence-electron chi connectivity index (χ2n) is 7.52. The lowest BCUT2D eigenvalue weighted by Crippen LogP contribution is -2.42. The Bertz CT molecular complexity index is 542. The number of rotatable bonds is 4. The predicted molar refractivity (Wildman–Crippen MR) is 91.3 cm³/mol. The van der Waals surface area contributed by atoms with Gasteiger partial charge in [0.05, 0.1) is 0 Å². The fourth-order valence-electron chi connectivity index (χ4n) is 3.57. The highest BCUT2D eigenvalue weighted by Gasteiger charge is 2.27. The van der Waals surface area contributed by atoms with E-state index in [0.717, 1.165) is 26.2 Å². The van der Waals surface area contributed by atoms with Gasteiger partial charge in [-0.3, -0.25) is 0 Å². The Balaban J connectivity index is 1.60. The van der Waals surface area contributed by atoms with E-state index >= 15 is 0 Å². The van der Waals surface area contributed by atoms with E-state index in [4.69, 9.17) is 0 Å². The van der Waals surface area contributed by atoms with E-state index in [-0.39, 0.29) is 12.0 Å². The molecule has 22 heavy (non-hydrogen) atoms. The minimum absolute atomic E-state index is 0.00807. The molecule has 3 rings (SSSR count). The molecular weight excluding hydrogens is 272 g/mol. The van der Waals surface area contributed by atoms with E-state index in [9.17, 15) is 5.11 Å². The van der Waals surface area contributed by atoms with Gasteiger partial charge in [0.1, 0.15) is 0 Å². The summed E-state index contributed by atoms with van der Waals surface area (Å²) in [5.74, 6) is 0.654. The Labute approximate surface area is 134 Å². The average molecular weight is 300 g/mol. The number of hydrogen-bond donors (Lipinski definition) is 2. The van der Waals surface area contributed by atoms with Crippen LogP contribution in [-0.2, 0) is 6.54 Å². The summed E-state index contributed by atoms with van der Waals surface area (Å²) < 4.78 is 0. The monoisotopic (exact) mass is 300 g/mol. The third-order valence-corrected chi connectivity index (χ3v) is 4.96. The highest BCUT2D eigenvalue weighted by Crippen LogP contribution is 2.29. The second-order valence-corrected chi connectivity index (χ2v) is 7.52. The normalized spacial score (nSPS) is 20.2. The third-order valence-electron chi connectivity index (χ3n) is 4.96. The summed E-state index contributed by atoms with van der Waals surface area (Å²) in [7, 11) is 0. The third kappa shape index (κ3) is 3.53. The Morgan fingerprint density at radius 3 is 2.68 bits per heavy atom. The minimum Gasteiger partial charge on any atom is -0.396 e. The van der Waals surface area contributed by atoms with Crippen LogP contribution in [0.3, 0.4) is 0 Å². The number of aliphatic hydroxyl groups excluding tert-OH is 1. The average Bonchev–Trinajstić information content (AvgIpc) is 2.55. The van der Waals surface area contributed by atoms with E-state index in [1.165, 1.54) is 29.7 Å². The lowest BCUT2D eigenvalue weighted by Gasteiger charge is -2.38. The number of hydrogen-bond acceptors (Lipinski definition) is 3. The molecule has 0 unspecified atom stereocenters. The molecule has 1 aromatic carbocycles. The summed E-state index contributed by atoms with van der Waals surface area (Å²) in [6, 6.07) is 8.66. The number of piperidine rings is 1. The molecule has 2 aliphatic rings. The molecule has 0 aliphatic carbocycles. The SMILES string of the molecule is CC(C)(CO)CN1CCC(C2=Cc3ccccc3CN2)CC1. The zero-order chi connectivity index (χ0) is 15.6. The Kier molecular flexibility index (Phi) is 4.55. The highest BCUT2D eigenvalue weighted by atomic mass is 16.3. The van der Waals surface area contributed by atoms with Crippen LogP contribution in [0.15, 0.2) is 30.0 Å². The quantitative estimate of drug-likeness (QED) is 0.897. The number of nitrogens with one attached hydrogen (secondary N) is 1. The smallest absolute Gasteiger partial charge is 0.0494 e. The molecule has 0 aromatic heterocycles. The van der Waals surface area contributed by atoms with Gasteiger partial charge in [-0.1, -0.05) is 38.1 Å². The predicted octanol–water partition coefficient (Wildman–Crippen LogP) is 2.86. The van der Waals surface area contributed by atoms with E-state index < -0.39 is 0 Å². The summed E-state index contributed by atoms with van der Waals surface area (Å²) in [5.41, 5.74) is 4.20. The maximum atomic E-state index is 9.43. The summed E-state index contributed by atoms with van der Waals surface area (Å²) >= 11 is 0. The fraction of sp³-hybridized carbons (Fsp3) is 0.579. The van der Waals surface area contributed by atoms with Crippen molar-refractivity contribution < 1.29 is 5.11 Å². The van der Waals surface area contributed by atoms with Crippen molar-refractivity contribution in [1.82, 2.24) is 10.2 Å². The molecule has 0 radical (unpaired) electrons. The molecule has 2 N–H and O–H groups in total. The molecule has 1 aromatic rings. The van der Waals surface area contributed by atoms with Crippen molar-refractivity contribution in [2.45, 2.75) is 33.2 Å². The maximum absolute atomic E-state index is 9.43. The molecule has 0 atom stereocenters. The van der Waals surface area contributed by atoms with Crippen molar-refractivity contribution in [3.63, 3.8) is 0 Å². The number of likely N-dealkylation sites (tertiary alicyclic amines) is 1. The van der Waals surface area contributed by atoms with Gasteiger partial charge in [-0.25, -0.2) is 0 Å². The topological polar surface area (TPSA) is 35.5 Å². The first-order valence-electron chi connectivity index (χ1n) is 8.44. The number of aliphatic hydroxyl groups is 1. The summed E-state index contributed by atoms with van der Waals surface area (Å²) in [6.45, 7) is 8.76. The summed E-state index contributed by atoms with van der Waals surface area (Å²) in [5, 5.41) is 13.0. The number of fused-ring (bicyclic) bond motifs is 1. The molecule has 0 saturated carbocycles. The van der Waals surface area contributed by atoms with Gasteiger partial charge in [-0.2, -0.15) is 0 Å². The van der Waals surface area contributed by atoms with Crippen LogP contribution < -0.4 is 5.32 Å². The van der Waals surface area contributed by atoms with E-state index in [1.807, 2.05) is 0 Å². The van der Waals surface area contributed by atoms with Crippen molar-refractivity contribution in [3.8, 4) is 0 Å². The van der Waals surface area contributed by atoms with Crippen molar-refractivity contribution in [3.05, 3.63) is 41.1 Å². The zero-order valence-corrected chi connectivity index (χ0v) is 13.8. The molecular formula is C19H28N2O. The molecule has 3 nitrogen and oxygen atoms in total. The van der Waals surface area contributed by atoms with Crippen LogP contribution in [0.1, 0.15) is 37.8 Å². The van der Waals surface area contributed by atoms with Gasteiger partial charge in [0.15, 0.2) is 0 Å². The maximum Gasteiger partial charge on any atom is 0.0494 e. The highest BCUT2D eigenvalue weighted by molar-refractivity contribution is 5.59.